The highest BCUT2D eigenvalue weighted by atomic mass is 19.4. The van der Waals surface area contributed by atoms with Crippen molar-refractivity contribution < 1.29 is 27.5 Å². The molecule has 1 aliphatic heterocycles. The lowest BCUT2D eigenvalue weighted by molar-refractivity contribution is -0.138. The number of hydrogen-bond acceptors (Lipinski definition) is 3. The first kappa shape index (κ1) is 20.4. The first-order valence-electron chi connectivity index (χ1n) is 8.73. The molecule has 0 spiro atoms. The van der Waals surface area contributed by atoms with Crippen LogP contribution in [-0.4, -0.2) is 19.0 Å². The number of nitrogens with zero attached hydrogens (tertiary/aromatic N) is 1. The van der Waals surface area contributed by atoms with Gasteiger partial charge in [0.25, 0.3) is 5.91 Å². The van der Waals surface area contributed by atoms with Crippen molar-refractivity contribution in [3.05, 3.63) is 82.1 Å². The summed E-state index contributed by atoms with van der Waals surface area (Å²) in [5, 5.41) is 0. The van der Waals surface area contributed by atoms with Crippen LogP contribution in [0.4, 0.5) is 18.9 Å². The minimum Gasteiger partial charge on any atom is -0.465 e. The number of methoxy groups -OCH3 is 1. The van der Waals surface area contributed by atoms with E-state index in [4.69, 9.17) is 4.74 Å². The quantitative estimate of drug-likeness (QED) is 0.543. The van der Waals surface area contributed by atoms with Gasteiger partial charge in [0, 0.05) is 11.4 Å². The van der Waals surface area contributed by atoms with Gasteiger partial charge in [-0.2, -0.15) is 13.2 Å². The summed E-state index contributed by atoms with van der Waals surface area (Å²) in [5.41, 5.74) is 0.399. The third kappa shape index (κ3) is 3.81. The largest absolute Gasteiger partial charge is 0.465 e. The molecule has 0 atom stereocenters. The van der Waals surface area contributed by atoms with Crippen LogP contribution in [0.2, 0.25) is 0 Å². The number of anilines is 1. The normalized spacial score (nSPS) is 16.0. The molecule has 0 saturated heterocycles. The van der Waals surface area contributed by atoms with Crippen molar-refractivity contribution in [2.24, 2.45) is 0 Å². The van der Waals surface area contributed by atoms with Crippen LogP contribution in [0.3, 0.4) is 0 Å². The molecule has 0 fully saturated rings. The van der Waals surface area contributed by atoms with Crippen molar-refractivity contribution >= 4 is 23.6 Å². The predicted molar refractivity (Wildman–Crippen MR) is 103 cm³/mol. The van der Waals surface area contributed by atoms with Crippen LogP contribution >= 0.6 is 0 Å². The molecule has 4 nitrogen and oxygen atoms in total. The van der Waals surface area contributed by atoms with Gasteiger partial charge in [-0.25, -0.2) is 4.79 Å². The predicted octanol–water partition coefficient (Wildman–Crippen LogP) is 4.89. The summed E-state index contributed by atoms with van der Waals surface area (Å²) in [6.07, 6.45) is -3.51. The van der Waals surface area contributed by atoms with Crippen molar-refractivity contribution in [2.75, 3.05) is 12.0 Å². The van der Waals surface area contributed by atoms with Crippen LogP contribution < -0.4 is 4.90 Å². The van der Waals surface area contributed by atoms with E-state index < -0.39 is 23.6 Å². The number of carbonyl (C=O) groups is 2. The Kier molecular flexibility index (Phi) is 5.33. The van der Waals surface area contributed by atoms with Crippen LogP contribution in [0.1, 0.15) is 23.6 Å². The molecule has 1 amide bonds. The topological polar surface area (TPSA) is 46.6 Å². The van der Waals surface area contributed by atoms with Crippen LogP contribution in [0.15, 0.2) is 65.4 Å². The summed E-state index contributed by atoms with van der Waals surface area (Å²) >= 11 is 0. The Labute approximate surface area is 165 Å². The zero-order valence-electron chi connectivity index (χ0n) is 16.0. The van der Waals surface area contributed by atoms with Gasteiger partial charge < -0.3 is 4.74 Å². The standard InChI is InChI=1S/C22H18F3NO3/c1-13-7-6-9-16(11-13)26-14(2)19(21(28)29-3)17(20(26)27)12-15-8-4-5-10-18(15)22(23,24)25/h4-12H,1-3H3/b17-12-. The molecular weight excluding hydrogens is 383 g/mol. The summed E-state index contributed by atoms with van der Waals surface area (Å²) in [7, 11) is 1.16. The molecule has 2 aromatic rings. The molecule has 0 bridgehead atoms. The van der Waals surface area contributed by atoms with Crippen molar-refractivity contribution in [3.63, 3.8) is 0 Å². The van der Waals surface area contributed by atoms with Crippen LogP contribution in [0.5, 0.6) is 0 Å². The second-order valence-electron chi connectivity index (χ2n) is 6.57. The molecule has 0 saturated carbocycles. The lowest BCUT2D eigenvalue weighted by atomic mass is 10.00. The maximum Gasteiger partial charge on any atom is 0.416 e. The highest BCUT2D eigenvalue weighted by Crippen LogP contribution is 2.38. The molecule has 1 heterocycles. The number of alkyl halides is 3. The van der Waals surface area contributed by atoms with Gasteiger partial charge in [0.2, 0.25) is 0 Å². The van der Waals surface area contributed by atoms with E-state index in [0.717, 1.165) is 24.8 Å². The fraction of sp³-hybridized carbons (Fsp3) is 0.182. The number of aryl methyl sites for hydroxylation is 1. The van der Waals surface area contributed by atoms with Gasteiger partial charge in [0.05, 0.1) is 23.8 Å². The second kappa shape index (κ2) is 7.58. The molecule has 0 aliphatic carbocycles. The van der Waals surface area contributed by atoms with Crippen molar-refractivity contribution in [3.8, 4) is 0 Å². The van der Waals surface area contributed by atoms with Gasteiger partial charge in [-0.1, -0.05) is 30.3 Å². The summed E-state index contributed by atoms with van der Waals surface area (Å²) in [6, 6.07) is 11.9. The molecular formula is C22H18F3NO3. The van der Waals surface area contributed by atoms with Gasteiger partial charge in [-0.05, 0) is 49.2 Å². The summed E-state index contributed by atoms with van der Waals surface area (Å²) in [6.45, 7) is 3.41. The molecule has 7 heteroatoms. The van der Waals surface area contributed by atoms with Gasteiger partial charge >= 0.3 is 12.1 Å². The first-order chi connectivity index (χ1) is 13.6. The van der Waals surface area contributed by atoms with Crippen molar-refractivity contribution in [1.82, 2.24) is 0 Å². The van der Waals surface area contributed by atoms with E-state index in [1.54, 1.807) is 25.1 Å². The number of ether oxygens (including phenoxy) is 1. The minimum atomic E-state index is -4.60. The van der Waals surface area contributed by atoms with E-state index in [-0.39, 0.29) is 16.7 Å². The van der Waals surface area contributed by atoms with E-state index in [9.17, 15) is 22.8 Å². The molecule has 0 unspecified atom stereocenters. The molecule has 29 heavy (non-hydrogen) atoms. The van der Waals surface area contributed by atoms with Gasteiger partial charge in [0.1, 0.15) is 0 Å². The highest BCUT2D eigenvalue weighted by Gasteiger charge is 2.39. The van der Waals surface area contributed by atoms with Gasteiger partial charge in [0.15, 0.2) is 0 Å². The number of hydrogen-bond donors (Lipinski definition) is 0. The average molecular weight is 401 g/mol. The summed E-state index contributed by atoms with van der Waals surface area (Å²) < 4.78 is 44.9. The van der Waals surface area contributed by atoms with Crippen molar-refractivity contribution in [2.45, 2.75) is 20.0 Å². The lowest BCUT2D eigenvalue weighted by Crippen LogP contribution is -2.24. The summed E-state index contributed by atoms with van der Waals surface area (Å²) in [5.74, 6) is -1.38. The Morgan fingerprint density at radius 2 is 1.76 bits per heavy atom. The SMILES string of the molecule is COC(=O)C1=C(C)N(c2cccc(C)c2)C(=O)/C1=C\c1ccccc1C(F)(F)F. The third-order valence-corrected chi connectivity index (χ3v) is 4.62. The zero-order chi connectivity index (χ0) is 21.3. The number of esters is 1. The molecule has 2 aromatic carbocycles. The number of allylic oxidation sites excluding steroid dienone is 1. The maximum atomic E-state index is 13.4. The smallest absolute Gasteiger partial charge is 0.416 e. The van der Waals surface area contributed by atoms with E-state index >= 15 is 0 Å². The molecule has 0 aromatic heterocycles. The van der Waals surface area contributed by atoms with E-state index in [0.29, 0.717) is 11.4 Å². The van der Waals surface area contributed by atoms with Gasteiger partial charge in [-0.3, -0.25) is 9.69 Å². The Bertz CT molecular complexity index is 1050. The highest BCUT2D eigenvalue weighted by molar-refractivity contribution is 6.23. The van der Waals surface area contributed by atoms with Crippen molar-refractivity contribution in [1.29, 1.82) is 0 Å². The average Bonchev–Trinajstić information content (AvgIpc) is 2.90. The Hall–Kier alpha value is -3.35. The fourth-order valence-corrected chi connectivity index (χ4v) is 3.29. The van der Waals surface area contributed by atoms with Crippen LogP contribution in [-0.2, 0) is 20.5 Å². The van der Waals surface area contributed by atoms with Crippen LogP contribution in [0.25, 0.3) is 6.08 Å². The van der Waals surface area contributed by atoms with E-state index in [1.807, 2.05) is 13.0 Å². The monoisotopic (exact) mass is 401 g/mol. The first-order valence-corrected chi connectivity index (χ1v) is 8.73. The second-order valence-corrected chi connectivity index (χ2v) is 6.57. The Morgan fingerprint density at radius 1 is 1.07 bits per heavy atom. The number of amides is 1. The molecule has 150 valence electrons. The minimum absolute atomic E-state index is 0.0593. The zero-order valence-corrected chi connectivity index (χ0v) is 16.0. The Morgan fingerprint density at radius 3 is 2.38 bits per heavy atom. The summed E-state index contributed by atoms with van der Waals surface area (Å²) in [4.78, 5) is 26.8. The van der Waals surface area contributed by atoms with E-state index in [2.05, 4.69) is 0 Å². The molecule has 3 rings (SSSR count). The number of halogens is 3. The number of benzene rings is 2. The fourth-order valence-electron chi connectivity index (χ4n) is 3.29. The molecule has 0 N–H and O–H groups in total. The van der Waals surface area contributed by atoms with E-state index in [1.165, 1.54) is 23.1 Å². The number of rotatable bonds is 3. The van der Waals surface area contributed by atoms with Gasteiger partial charge in [-0.15, -0.1) is 0 Å². The lowest BCUT2D eigenvalue weighted by Gasteiger charge is -2.18. The molecule has 1 aliphatic rings. The number of carbonyl (C=O) groups excluding carboxylic acids is 2. The van der Waals surface area contributed by atoms with Crippen LogP contribution in [0, 0.1) is 6.92 Å². The maximum absolute atomic E-state index is 13.4. The Balaban J connectivity index is 2.20. The third-order valence-electron chi connectivity index (χ3n) is 4.62. The molecule has 0 radical (unpaired) electrons.